The summed E-state index contributed by atoms with van der Waals surface area (Å²) < 4.78 is 60.6. The van der Waals surface area contributed by atoms with E-state index in [0.717, 1.165) is 11.6 Å². The average molecular weight is 449 g/mol. The molecule has 0 aliphatic rings. The van der Waals surface area contributed by atoms with Gasteiger partial charge in [0.1, 0.15) is 11.6 Å². The highest BCUT2D eigenvalue weighted by molar-refractivity contribution is 6.31. The summed E-state index contributed by atoms with van der Waals surface area (Å²) in [5, 5.41) is 11.0. The summed E-state index contributed by atoms with van der Waals surface area (Å²) in [6.45, 7) is 8.77. The van der Waals surface area contributed by atoms with Crippen molar-refractivity contribution in [1.82, 2.24) is 0 Å². The second-order valence-corrected chi connectivity index (χ2v) is 8.10. The molecule has 0 bridgehead atoms. The first-order valence-corrected chi connectivity index (χ1v) is 10.0. The van der Waals surface area contributed by atoms with Gasteiger partial charge in [0.05, 0.1) is 7.11 Å². The predicted octanol–water partition coefficient (Wildman–Crippen LogP) is 7.03. The zero-order chi connectivity index (χ0) is 23.3. The van der Waals surface area contributed by atoms with Crippen molar-refractivity contribution in [3.05, 3.63) is 63.9 Å². The van der Waals surface area contributed by atoms with Crippen LogP contribution < -0.4 is 4.74 Å². The van der Waals surface area contributed by atoms with Gasteiger partial charge in [-0.1, -0.05) is 51.4 Å². The molecule has 7 heteroatoms. The lowest BCUT2D eigenvalue weighted by Crippen LogP contribution is -2.50. The van der Waals surface area contributed by atoms with Crippen LogP contribution in [0.3, 0.4) is 0 Å². The van der Waals surface area contributed by atoms with E-state index in [9.17, 15) is 22.7 Å². The van der Waals surface area contributed by atoms with E-state index in [1.807, 2.05) is 13.8 Å². The van der Waals surface area contributed by atoms with E-state index < -0.39 is 35.9 Å². The molecule has 2 aromatic rings. The zero-order valence-corrected chi connectivity index (χ0v) is 18.9. The maximum Gasteiger partial charge on any atom is 0.417 e. The van der Waals surface area contributed by atoms with E-state index in [0.29, 0.717) is 5.02 Å². The van der Waals surface area contributed by atoms with Gasteiger partial charge in [-0.05, 0) is 54.2 Å². The lowest BCUT2D eigenvalue weighted by Gasteiger charge is -2.38. The molecule has 30 heavy (non-hydrogen) atoms. The highest BCUT2D eigenvalue weighted by Gasteiger charge is 2.56. The van der Waals surface area contributed by atoms with Gasteiger partial charge in [-0.3, -0.25) is 0 Å². The number of aryl methyl sites for hydroxylation is 1. The van der Waals surface area contributed by atoms with Gasteiger partial charge in [-0.2, -0.15) is 13.2 Å². The third-order valence-electron chi connectivity index (χ3n) is 4.89. The number of hydrogen-bond donors (Lipinski definition) is 1. The minimum atomic E-state index is -4.90. The fourth-order valence-corrected chi connectivity index (χ4v) is 3.59. The van der Waals surface area contributed by atoms with E-state index in [2.05, 4.69) is 0 Å². The van der Waals surface area contributed by atoms with E-state index in [4.69, 9.17) is 16.3 Å². The van der Waals surface area contributed by atoms with Crippen LogP contribution in [0, 0.1) is 12.7 Å². The molecule has 0 spiro atoms. The highest BCUT2D eigenvalue weighted by atomic mass is 35.5. The first-order valence-electron chi connectivity index (χ1n) is 9.67. The first-order chi connectivity index (χ1) is 13.8. The van der Waals surface area contributed by atoms with Crippen LogP contribution in [-0.2, 0) is 11.8 Å². The Morgan fingerprint density at radius 1 is 1.03 bits per heavy atom. The molecule has 0 aromatic heterocycles. The molecule has 0 aliphatic heterocycles. The molecule has 0 saturated heterocycles. The Balaban J connectivity index is 0.00000218. The number of halogens is 5. The van der Waals surface area contributed by atoms with E-state index in [-0.39, 0.29) is 16.9 Å². The third-order valence-corrected chi connectivity index (χ3v) is 5.29. The van der Waals surface area contributed by atoms with Gasteiger partial charge < -0.3 is 9.84 Å². The number of benzene rings is 2. The summed E-state index contributed by atoms with van der Waals surface area (Å²) >= 11 is 6.02. The molecule has 2 nitrogen and oxygen atoms in total. The number of methoxy groups -OCH3 is 1. The SMILES string of the molecule is CC.COc1ccc(F)cc1C(C)(C)CC(O)(Cc1ccc(C)c(Cl)c1)C(F)(F)F. The molecule has 0 heterocycles. The molecular formula is C23H29ClF4O2. The molecule has 0 fully saturated rings. The molecule has 0 aliphatic carbocycles. The van der Waals surface area contributed by atoms with Crippen LogP contribution in [0.15, 0.2) is 36.4 Å². The third kappa shape index (κ3) is 6.11. The van der Waals surface area contributed by atoms with E-state index in [1.54, 1.807) is 13.0 Å². The number of aliphatic hydroxyl groups is 1. The Morgan fingerprint density at radius 2 is 1.63 bits per heavy atom. The van der Waals surface area contributed by atoms with Crippen molar-refractivity contribution in [3.63, 3.8) is 0 Å². The first kappa shape index (κ1) is 26.2. The standard InChI is InChI=1S/C21H23ClF4O2.C2H6/c1-13-5-6-14(9-17(13)22)11-20(27,21(24,25)26)12-19(2,3)16-10-15(23)7-8-18(16)28-4;1-2/h5-10,27H,11-12H2,1-4H3;1-2H3. The van der Waals surface area contributed by atoms with Crippen LogP contribution in [0.5, 0.6) is 5.75 Å². The Morgan fingerprint density at radius 3 is 2.13 bits per heavy atom. The van der Waals surface area contributed by atoms with Gasteiger partial charge in [0.25, 0.3) is 0 Å². The second kappa shape index (κ2) is 10.0. The topological polar surface area (TPSA) is 29.5 Å². The van der Waals surface area contributed by atoms with Gasteiger partial charge in [0.15, 0.2) is 5.60 Å². The van der Waals surface area contributed by atoms with Crippen LogP contribution in [0.1, 0.15) is 50.8 Å². The molecule has 1 atom stereocenters. The molecule has 168 valence electrons. The number of rotatable bonds is 6. The average Bonchev–Trinajstić information content (AvgIpc) is 2.65. The normalized spacial score (nSPS) is 13.9. The monoisotopic (exact) mass is 448 g/mol. The van der Waals surface area contributed by atoms with E-state index in [1.165, 1.54) is 45.2 Å². The summed E-state index contributed by atoms with van der Waals surface area (Å²) in [6, 6.07) is 8.20. The van der Waals surface area contributed by atoms with Crippen molar-refractivity contribution in [2.75, 3.05) is 7.11 Å². The lowest BCUT2D eigenvalue weighted by atomic mass is 9.72. The molecular weight excluding hydrogens is 420 g/mol. The van der Waals surface area contributed by atoms with Gasteiger partial charge in [0.2, 0.25) is 0 Å². The van der Waals surface area contributed by atoms with Crippen LogP contribution in [0.25, 0.3) is 0 Å². The minimum absolute atomic E-state index is 0.250. The van der Waals surface area contributed by atoms with Crippen molar-refractivity contribution >= 4 is 11.6 Å². The van der Waals surface area contributed by atoms with Crippen molar-refractivity contribution in [2.24, 2.45) is 0 Å². The van der Waals surface area contributed by atoms with Gasteiger partial charge in [-0.15, -0.1) is 0 Å². The Hall–Kier alpha value is -1.79. The quantitative estimate of drug-likeness (QED) is 0.481. The predicted molar refractivity (Wildman–Crippen MR) is 113 cm³/mol. The zero-order valence-electron chi connectivity index (χ0n) is 18.1. The van der Waals surface area contributed by atoms with Crippen molar-refractivity contribution < 1.29 is 27.4 Å². The molecule has 2 rings (SSSR count). The number of alkyl halides is 3. The summed E-state index contributed by atoms with van der Waals surface area (Å²) in [7, 11) is 1.36. The van der Waals surface area contributed by atoms with Crippen LogP contribution in [0.4, 0.5) is 17.6 Å². The van der Waals surface area contributed by atoms with Crippen LogP contribution in [0.2, 0.25) is 5.02 Å². The highest BCUT2D eigenvalue weighted by Crippen LogP contribution is 2.45. The molecule has 0 amide bonds. The largest absolute Gasteiger partial charge is 0.496 e. The summed E-state index contributed by atoms with van der Waals surface area (Å²) in [6.07, 6.45) is -6.26. The molecule has 0 radical (unpaired) electrons. The van der Waals surface area contributed by atoms with Crippen molar-refractivity contribution in [3.8, 4) is 5.75 Å². The molecule has 2 aromatic carbocycles. The van der Waals surface area contributed by atoms with Crippen LogP contribution in [-0.4, -0.2) is 24.0 Å². The fraction of sp³-hybridized carbons (Fsp3) is 0.478. The number of ether oxygens (including phenoxy) is 1. The smallest absolute Gasteiger partial charge is 0.417 e. The maximum absolute atomic E-state index is 13.9. The minimum Gasteiger partial charge on any atom is -0.496 e. The fourth-order valence-electron chi connectivity index (χ4n) is 3.38. The molecule has 0 saturated carbocycles. The van der Waals surface area contributed by atoms with Gasteiger partial charge >= 0.3 is 6.18 Å². The summed E-state index contributed by atoms with van der Waals surface area (Å²) in [5.41, 5.74) is -3.03. The maximum atomic E-state index is 13.9. The lowest BCUT2D eigenvalue weighted by molar-refractivity contribution is -0.266. The number of hydrogen-bond acceptors (Lipinski definition) is 2. The Bertz CT molecular complexity index is 850. The summed E-state index contributed by atoms with van der Waals surface area (Å²) in [5.74, 6) is -0.334. The Kier molecular flexibility index (Phi) is 8.76. The molecule has 1 N–H and O–H groups in total. The van der Waals surface area contributed by atoms with Gasteiger partial charge in [0, 0.05) is 17.0 Å². The molecule has 1 unspecified atom stereocenters. The Labute approximate surface area is 180 Å². The second-order valence-electron chi connectivity index (χ2n) is 7.69. The van der Waals surface area contributed by atoms with Gasteiger partial charge in [-0.25, -0.2) is 4.39 Å². The van der Waals surface area contributed by atoms with Crippen molar-refractivity contribution in [1.29, 1.82) is 0 Å². The van der Waals surface area contributed by atoms with Crippen molar-refractivity contribution in [2.45, 2.75) is 64.7 Å². The van der Waals surface area contributed by atoms with Crippen LogP contribution >= 0.6 is 11.6 Å². The summed E-state index contributed by atoms with van der Waals surface area (Å²) in [4.78, 5) is 0. The van der Waals surface area contributed by atoms with E-state index >= 15 is 0 Å².